The van der Waals surface area contributed by atoms with Crippen molar-refractivity contribution in [3.8, 4) is 0 Å². The highest BCUT2D eigenvalue weighted by Crippen LogP contribution is 2.30. The Labute approximate surface area is 100 Å². The summed E-state index contributed by atoms with van der Waals surface area (Å²) in [7, 11) is 0. The van der Waals surface area contributed by atoms with E-state index in [2.05, 4.69) is 5.32 Å². The molecule has 3 nitrogen and oxygen atoms in total. The number of nitrogens with two attached hydrogens (primary N) is 1. The van der Waals surface area contributed by atoms with Crippen LogP contribution in [-0.2, 0) is 4.79 Å². The third-order valence-electron chi connectivity index (χ3n) is 3.39. The molecule has 1 aliphatic rings. The van der Waals surface area contributed by atoms with Crippen molar-refractivity contribution < 1.29 is 9.18 Å². The summed E-state index contributed by atoms with van der Waals surface area (Å²) >= 11 is 0. The van der Waals surface area contributed by atoms with Gasteiger partial charge in [-0.3, -0.25) is 4.79 Å². The maximum atomic E-state index is 12.9. The van der Waals surface area contributed by atoms with E-state index < -0.39 is 0 Å². The Hall–Kier alpha value is -1.42. The van der Waals surface area contributed by atoms with Crippen LogP contribution in [0.3, 0.4) is 0 Å². The second-order valence-electron chi connectivity index (χ2n) is 4.52. The summed E-state index contributed by atoms with van der Waals surface area (Å²) in [5.41, 5.74) is 6.31. The number of primary amides is 1. The lowest BCUT2D eigenvalue weighted by Gasteiger charge is -2.29. The van der Waals surface area contributed by atoms with E-state index in [1.807, 2.05) is 0 Å². The van der Waals surface area contributed by atoms with Crippen LogP contribution < -0.4 is 11.1 Å². The molecule has 4 heteroatoms. The van der Waals surface area contributed by atoms with Crippen molar-refractivity contribution >= 4 is 5.91 Å². The van der Waals surface area contributed by atoms with E-state index in [0.717, 1.165) is 31.5 Å². The third-order valence-corrected chi connectivity index (χ3v) is 3.39. The third kappa shape index (κ3) is 2.82. The molecular weight excluding hydrogens is 219 g/mol. The largest absolute Gasteiger partial charge is 0.369 e. The van der Waals surface area contributed by atoms with Gasteiger partial charge in [-0.15, -0.1) is 0 Å². The molecule has 1 atom stereocenters. The number of benzene rings is 1. The molecule has 1 aliphatic heterocycles. The Bertz CT molecular complexity index is 385. The monoisotopic (exact) mass is 236 g/mol. The van der Waals surface area contributed by atoms with Crippen molar-refractivity contribution in [2.45, 2.75) is 18.8 Å². The van der Waals surface area contributed by atoms with Crippen LogP contribution in [0.1, 0.15) is 24.3 Å². The number of piperidine rings is 1. The van der Waals surface area contributed by atoms with E-state index in [1.54, 1.807) is 12.1 Å². The second-order valence-corrected chi connectivity index (χ2v) is 4.52. The summed E-state index contributed by atoms with van der Waals surface area (Å²) in [4.78, 5) is 11.6. The van der Waals surface area contributed by atoms with Crippen LogP contribution in [0, 0.1) is 11.7 Å². The van der Waals surface area contributed by atoms with Gasteiger partial charge in [0.1, 0.15) is 5.82 Å². The summed E-state index contributed by atoms with van der Waals surface area (Å²) in [6.07, 6.45) is 1.87. The molecule has 92 valence electrons. The first kappa shape index (κ1) is 12.0. The minimum absolute atomic E-state index is 0.263. The van der Waals surface area contributed by atoms with E-state index >= 15 is 0 Å². The van der Waals surface area contributed by atoms with Crippen LogP contribution in [0.25, 0.3) is 0 Å². The number of halogens is 1. The van der Waals surface area contributed by atoms with Gasteiger partial charge in [0.05, 0.1) is 5.92 Å². The highest BCUT2D eigenvalue weighted by atomic mass is 19.1. The Morgan fingerprint density at radius 2 is 1.88 bits per heavy atom. The number of hydrogen-bond donors (Lipinski definition) is 2. The van der Waals surface area contributed by atoms with Crippen molar-refractivity contribution in [1.82, 2.24) is 5.32 Å². The normalized spacial score (nSPS) is 18.9. The van der Waals surface area contributed by atoms with Gasteiger partial charge in [0.2, 0.25) is 5.91 Å². The zero-order valence-corrected chi connectivity index (χ0v) is 9.66. The molecule has 1 unspecified atom stereocenters. The molecule has 1 amide bonds. The summed E-state index contributed by atoms with van der Waals surface area (Å²) in [6.45, 7) is 1.82. The highest BCUT2D eigenvalue weighted by molar-refractivity contribution is 5.82. The minimum Gasteiger partial charge on any atom is -0.369 e. The molecule has 0 aromatic heterocycles. The van der Waals surface area contributed by atoms with Gasteiger partial charge in [-0.25, -0.2) is 4.39 Å². The SMILES string of the molecule is NC(=O)C(c1ccc(F)cc1)C1CCNCC1. The van der Waals surface area contributed by atoms with E-state index in [1.165, 1.54) is 12.1 Å². The van der Waals surface area contributed by atoms with Crippen LogP contribution in [-0.4, -0.2) is 19.0 Å². The first-order valence-electron chi connectivity index (χ1n) is 5.94. The fourth-order valence-corrected chi connectivity index (χ4v) is 2.52. The molecule has 3 N–H and O–H groups in total. The van der Waals surface area contributed by atoms with Gasteiger partial charge in [-0.1, -0.05) is 12.1 Å². The lowest BCUT2D eigenvalue weighted by atomic mass is 9.80. The maximum absolute atomic E-state index is 12.9. The van der Waals surface area contributed by atoms with Crippen molar-refractivity contribution in [3.63, 3.8) is 0 Å². The average Bonchev–Trinajstić information content (AvgIpc) is 2.33. The number of hydrogen-bond acceptors (Lipinski definition) is 2. The predicted molar refractivity (Wildman–Crippen MR) is 63.9 cm³/mol. The Kier molecular flexibility index (Phi) is 3.74. The standard InChI is InChI=1S/C13H17FN2O/c14-11-3-1-9(2-4-11)12(13(15)17)10-5-7-16-8-6-10/h1-4,10,12,16H,5-8H2,(H2,15,17). The van der Waals surface area contributed by atoms with Crippen LogP contribution in [0.4, 0.5) is 4.39 Å². The summed E-state index contributed by atoms with van der Waals surface area (Å²) in [5, 5.41) is 3.26. The zero-order chi connectivity index (χ0) is 12.3. The van der Waals surface area contributed by atoms with Gasteiger partial charge in [0.15, 0.2) is 0 Å². The van der Waals surface area contributed by atoms with Gasteiger partial charge in [0, 0.05) is 0 Å². The molecule has 1 aromatic carbocycles. The van der Waals surface area contributed by atoms with Crippen molar-refractivity contribution in [2.75, 3.05) is 13.1 Å². The minimum atomic E-state index is -0.316. The molecule has 1 aromatic rings. The van der Waals surface area contributed by atoms with Gasteiger partial charge in [-0.2, -0.15) is 0 Å². The molecule has 1 fully saturated rings. The number of rotatable bonds is 3. The maximum Gasteiger partial charge on any atom is 0.225 e. The van der Waals surface area contributed by atoms with Crippen LogP contribution >= 0.6 is 0 Å². The van der Waals surface area contributed by atoms with Crippen molar-refractivity contribution in [1.29, 1.82) is 0 Å². The van der Waals surface area contributed by atoms with Crippen molar-refractivity contribution in [2.24, 2.45) is 11.7 Å². The molecule has 0 bridgehead atoms. The molecule has 0 aliphatic carbocycles. The molecule has 0 saturated carbocycles. The lowest BCUT2D eigenvalue weighted by molar-refractivity contribution is -0.120. The Morgan fingerprint density at radius 1 is 1.29 bits per heavy atom. The van der Waals surface area contributed by atoms with Gasteiger partial charge < -0.3 is 11.1 Å². The van der Waals surface area contributed by atoms with Gasteiger partial charge in [-0.05, 0) is 49.5 Å². The van der Waals surface area contributed by atoms with Gasteiger partial charge in [0.25, 0.3) is 0 Å². The number of amides is 1. The first-order valence-corrected chi connectivity index (χ1v) is 5.94. The molecule has 1 heterocycles. The summed E-state index contributed by atoms with van der Waals surface area (Å²) in [5.74, 6) is -0.636. The van der Waals surface area contributed by atoms with Crippen LogP contribution in [0.2, 0.25) is 0 Å². The van der Waals surface area contributed by atoms with Gasteiger partial charge >= 0.3 is 0 Å². The predicted octanol–water partition coefficient (Wildman–Crippen LogP) is 1.39. The highest BCUT2D eigenvalue weighted by Gasteiger charge is 2.29. The molecule has 0 spiro atoms. The number of carbonyl (C=O) groups excluding carboxylic acids is 1. The molecule has 1 saturated heterocycles. The Morgan fingerprint density at radius 3 is 2.41 bits per heavy atom. The fourth-order valence-electron chi connectivity index (χ4n) is 2.52. The van der Waals surface area contributed by atoms with E-state index in [-0.39, 0.29) is 23.6 Å². The quantitative estimate of drug-likeness (QED) is 0.833. The fraction of sp³-hybridized carbons (Fsp3) is 0.462. The summed E-state index contributed by atoms with van der Waals surface area (Å²) in [6, 6.07) is 6.08. The van der Waals surface area contributed by atoms with E-state index in [0.29, 0.717) is 0 Å². The first-order chi connectivity index (χ1) is 8.18. The molecular formula is C13H17FN2O. The number of carbonyl (C=O) groups is 1. The topological polar surface area (TPSA) is 55.1 Å². The van der Waals surface area contributed by atoms with Crippen LogP contribution in [0.5, 0.6) is 0 Å². The van der Waals surface area contributed by atoms with E-state index in [4.69, 9.17) is 5.73 Å². The van der Waals surface area contributed by atoms with Crippen LogP contribution in [0.15, 0.2) is 24.3 Å². The lowest BCUT2D eigenvalue weighted by Crippen LogP contribution is -2.36. The smallest absolute Gasteiger partial charge is 0.225 e. The second kappa shape index (κ2) is 5.27. The Balaban J connectivity index is 2.21. The van der Waals surface area contributed by atoms with Crippen molar-refractivity contribution in [3.05, 3.63) is 35.6 Å². The van der Waals surface area contributed by atoms with E-state index in [9.17, 15) is 9.18 Å². The summed E-state index contributed by atoms with van der Waals surface area (Å²) < 4.78 is 12.9. The average molecular weight is 236 g/mol. The molecule has 0 radical (unpaired) electrons. The number of nitrogens with one attached hydrogen (secondary N) is 1. The molecule has 2 rings (SSSR count). The zero-order valence-electron chi connectivity index (χ0n) is 9.66. The molecule has 17 heavy (non-hydrogen) atoms.